The van der Waals surface area contributed by atoms with Gasteiger partial charge in [0.25, 0.3) is 17.0 Å². The lowest BCUT2D eigenvalue weighted by Crippen LogP contribution is -2.51. The van der Waals surface area contributed by atoms with Gasteiger partial charge in [0.2, 0.25) is 0 Å². The fourth-order valence-corrected chi connectivity index (χ4v) is 13.5. The molecule has 1 fully saturated rings. The lowest BCUT2D eigenvalue weighted by Gasteiger charge is -2.37. The average Bonchev–Trinajstić information content (AvgIpc) is 3.90. The van der Waals surface area contributed by atoms with Crippen molar-refractivity contribution in [3.63, 3.8) is 0 Å². The molecule has 0 radical (unpaired) electrons. The van der Waals surface area contributed by atoms with Gasteiger partial charge in [-0.25, -0.2) is 9.36 Å². The fraction of sp³-hybridized carbons (Fsp3) is 0.250. The number of carbonyl (C=O) groups excluding carboxylic acids is 1. The monoisotopic (exact) mass is 765 g/mol. The Bertz CT molecular complexity index is 2770. The highest BCUT2D eigenvalue weighted by molar-refractivity contribution is 6.91. The van der Waals surface area contributed by atoms with Crippen molar-refractivity contribution >= 4 is 46.7 Å². The van der Waals surface area contributed by atoms with Crippen LogP contribution in [0.5, 0.6) is 5.75 Å². The predicted octanol–water partition coefficient (Wildman–Crippen LogP) is 6.10. The Morgan fingerprint density at radius 2 is 1.41 bits per heavy atom. The SMILES string of the molecule is COc1ccc([Si](C)(C)[C@H]2[C@H](CCO)O[C@@]3(C(=O)N(Cc4cccc(-n5[nH]c6ccccc6c5=O)c4)c4ccc(-n5[nH]c6ccccc6c5=O)cc43)[C@@H]2C)cc1. The van der Waals surface area contributed by atoms with E-state index in [1.54, 1.807) is 24.1 Å². The number of aliphatic hydroxyl groups is 1. The maximum Gasteiger partial charge on any atom is 0.279 e. The van der Waals surface area contributed by atoms with Crippen LogP contribution in [-0.4, -0.2) is 58.5 Å². The van der Waals surface area contributed by atoms with Crippen molar-refractivity contribution in [2.24, 2.45) is 5.92 Å². The highest BCUT2D eigenvalue weighted by atomic mass is 28.3. The first-order chi connectivity index (χ1) is 27.1. The van der Waals surface area contributed by atoms with Crippen LogP contribution in [0.2, 0.25) is 18.6 Å². The third kappa shape index (κ3) is 5.35. The number of hydrogen-bond acceptors (Lipinski definition) is 6. The average molecular weight is 766 g/mol. The second-order valence-corrected chi connectivity index (χ2v) is 20.2. The first-order valence-electron chi connectivity index (χ1n) is 19.0. The molecule has 284 valence electrons. The molecule has 0 aliphatic carbocycles. The van der Waals surface area contributed by atoms with Crippen LogP contribution in [0.15, 0.2) is 125 Å². The summed E-state index contributed by atoms with van der Waals surface area (Å²) < 4.78 is 15.7. The molecule has 7 aromatic rings. The van der Waals surface area contributed by atoms with Crippen molar-refractivity contribution in [1.82, 2.24) is 19.6 Å². The summed E-state index contributed by atoms with van der Waals surface area (Å²) in [7, 11) is -0.769. The number of H-pyrrole nitrogens is 2. The first kappa shape index (κ1) is 35.7. The number of ether oxygens (including phenoxy) is 2. The number of carbonyl (C=O) groups is 1. The molecule has 0 bridgehead atoms. The summed E-state index contributed by atoms with van der Waals surface area (Å²) in [4.78, 5) is 44.3. The molecule has 1 saturated heterocycles. The van der Waals surface area contributed by atoms with Gasteiger partial charge in [0.1, 0.15) is 5.75 Å². The molecule has 4 heterocycles. The summed E-state index contributed by atoms with van der Waals surface area (Å²) in [5, 5.41) is 19.2. The quantitative estimate of drug-likeness (QED) is 0.152. The maximum absolute atomic E-state index is 15.4. The Labute approximate surface area is 323 Å². The van der Waals surface area contributed by atoms with Crippen LogP contribution in [0.1, 0.15) is 24.5 Å². The Balaban J connectivity index is 1.17. The number of aromatic amines is 2. The third-order valence-electron chi connectivity index (χ3n) is 12.2. The van der Waals surface area contributed by atoms with Crippen LogP contribution in [0, 0.1) is 5.92 Å². The number of aromatic nitrogens is 4. The number of para-hydroxylation sites is 2. The van der Waals surface area contributed by atoms with E-state index in [9.17, 15) is 14.7 Å². The standard InChI is InChI=1S/C44H43N5O6Si/c1-27-40(56(3,4)32-19-17-31(54-2)18-20-32)39(22-23-50)55-44(27)35-25-30(49-42(52)34-13-6-8-15-37(34)46-49)16-21-38(35)47(43(44)53)26-28-10-9-11-29(24-28)48-41(51)33-12-5-7-14-36(33)45-48/h5-21,24-25,27,39-40,45-46,50H,22-23,26H2,1-4H3/t27-,39+,40-,44+/m1/s1. The summed E-state index contributed by atoms with van der Waals surface area (Å²) in [6.07, 6.45) is -0.0405. The molecule has 0 saturated carbocycles. The highest BCUT2D eigenvalue weighted by Gasteiger charge is 2.66. The van der Waals surface area contributed by atoms with Crippen LogP contribution in [0.4, 0.5) is 5.69 Å². The van der Waals surface area contributed by atoms with Gasteiger partial charge < -0.3 is 19.5 Å². The summed E-state index contributed by atoms with van der Waals surface area (Å²) in [5.74, 6) is 0.274. The van der Waals surface area contributed by atoms with Gasteiger partial charge in [0.15, 0.2) is 5.60 Å². The van der Waals surface area contributed by atoms with E-state index in [1.807, 2.05) is 91.0 Å². The Hall–Kier alpha value is -5.95. The minimum atomic E-state index is -2.42. The number of nitrogens with one attached hydrogen (secondary N) is 2. The first-order valence-corrected chi connectivity index (χ1v) is 22.0. The molecular formula is C44H43N5O6Si. The number of hydrogen-bond donors (Lipinski definition) is 3. The van der Waals surface area contributed by atoms with E-state index in [0.717, 1.165) is 16.8 Å². The summed E-state index contributed by atoms with van der Waals surface area (Å²) >= 11 is 0. The van der Waals surface area contributed by atoms with Crippen molar-refractivity contribution < 1.29 is 19.4 Å². The molecule has 1 spiro atoms. The topological polar surface area (TPSA) is 135 Å². The van der Waals surface area contributed by atoms with Crippen LogP contribution in [-0.2, 0) is 21.7 Å². The number of aliphatic hydroxyl groups excluding tert-OH is 1. The van der Waals surface area contributed by atoms with E-state index in [2.05, 4.69) is 42.3 Å². The van der Waals surface area contributed by atoms with Gasteiger partial charge in [0, 0.05) is 18.1 Å². The molecule has 2 aliphatic rings. The molecule has 2 aromatic heterocycles. The zero-order chi connectivity index (χ0) is 38.9. The third-order valence-corrected chi connectivity index (χ3v) is 16.5. The van der Waals surface area contributed by atoms with Crippen LogP contribution in [0.3, 0.4) is 0 Å². The highest BCUT2D eigenvalue weighted by Crippen LogP contribution is 2.60. The Kier molecular flexibility index (Phi) is 8.53. The minimum Gasteiger partial charge on any atom is -0.497 e. The van der Waals surface area contributed by atoms with Crippen LogP contribution in [0.25, 0.3) is 33.2 Å². The molecule has 3 N–H and O–H groups in total. The van der Waals surface area contributed by atoms with Crippen molar-refractivity contribution in [3.8, 4) is 17.1 Å². The van der Waals surface area contributed by atoms with Crippen LogP contribution >= 0.6 is 0 Å². The molecule has 1 amide bonds. The smallest absolute Gasteiger partial charge is 0.279 e. The molecule has 12 heteroatoms. The zero-order valence-corrected chi connectivity index (χ0v) is 32.7. The van der Waals surface area contributed by atoms with Gasteiger partial charge in [0.05, 0.1) is 66.7 Å². The second-order valence-electron chi connectivity index (χ2n) is 15.5. The summed E-state index contributed by atoms with van der Waals surface area (Å²) in [5.41, 5.74) is 3.08. The number of nitrogens with zero attached hydrogens (tertiary/aromatic N) is 3. The summed E-state index contributed by atoms with van der Waals surface area (Å²) in [6.45, 7) is 6.84. The van der Waals surface area contributed by atoms with Gasteiger partial charge in [-0.15, -0.1) is 0 Å². The lowest BCUT2D eigenvalue weighted by atomic mass is 9.82. The number of methoxy groups -OCH3 is 1. The number of fused-ring (bicyclic) bond motifs is 4. The van der Waals surface area contributed by atoms with E-state index in [0.29, 0.717) is 45.3 Å². The molecule has 9 rings (SSSR count). The molecule has 4 atom stereocenters. The Morgan fingerprint density at radius 1 is 0.786 bits per heavy atom. The normalized spacial score (nSPS) is 20.8. The van der Waals surface area contributed by atoms with Crippen LogP contribution < -0.4 is 25.9 Å². The van der Waals surface area contributed by atoms with Gasteiger partial charge >= 0.3 is 0 Å². The Morgan fingerprint density at radius 3 is 2.02 bits per heavy atom. The van der Waals surface area contributed by atoms with Gasteiger partial charge in [-0.05, 0) is 84.3 Å². The fourth-order valence-electron chi connectivity index (χ4n) is 9.45. The van der Waals surface area contributed by atoms with E-state index in [-0.39, 0.29) is 41.6 Å². The summed E-state index contributed by atoms with van der Waals surface area (Å²) in [6, 6.07) is 36.2. The zero-order valence-electron chi connectivity index (χ0n) is 31.7. The van der Waals surface area contributed by atoms with E-state index in [1.165, 1.54) is 14.6 Å². The minimum absolute atomic E-state index is 0.0588. The molecule has 56 heavy (non-hydrogen) atoms. The number of anilines is 1. The second kappa shape index (κ2) is 13.4. The largest absolute Gasteiger partial charge is 0.497 e. The maximum atomic E-state index is 15.4. The van der Waals surface area contributed by atoms with E-state index < -0.39 is 19.8 Å². The molecule has 0 unspecified atom stereocenters. The van der Waals surface area contributed by atoms with Crippen molar-refractivity contribution in [3.05, 3.63) is 147 Å². The molecule has 5 aromatic carbocycles. The van der Waals surface area contributed by atoms with Gasteiger partial charge in [-0.3, -0.25) is 24.6 Å². The van der Waals surface area contributed by atoms with E-state index in [4.69, 9.17) is 9.47 Å². The van der Waals surface area contributed by atoms with Crippen molar-refractivity contribution in [2.45, 2.75) is 50.2 Å². The number of amides is 1. The van der Waals surface area contributed by atoms with Gasteiger partial charge in [-0.2, -0.15) is 0 Å². The van der Waals surface area contributed by atoms with Crippen molar-refractivity contribution in [2.75, 3.05) is 18.6 Å². The number of benzene rings is 5. The van der Waals surface area contributed by atoms with Crippen molar-refractivity contribution in [1.29, 1.82) is 0 Å². The number of rotatable bonds is 9. The van der Waals surface area contributed by atoms with E-state index >= 15 is 4.79 Å². The molecule has 11 nitrogen and oxygen atoms in total. The predicted molar refractivity (Wildman–Crippen MR) is 220 cm³/mol. The van der Waals surface area contributed by atoms with Gasteiger partial charge in [-0.1, -0.05) is 73.7 Å². The molecular weight excluding hydrogens is 723 g/mol. The molecule has 2 aliphatic heterocycles. The lowest BCUT2D eigenvalue weighted by molar-refractivity contribution is -0.146.